The smallest absolute Gasteiger partial charge is 0.255 e. The van der Waals surface area contributed by atoms with Gasteiger partial charge in [-0.05, 0) is 36.4 Å². The van der Waals surface area contributed by atoms with E-state index in [0.717, 1.165) is 33.5 Å². The predicted molar refractivity (Wildman–Crippen MR) is 118 cm³/mol. The molecule has 0 aliphatic rings. The lowest BCUT2D eigenvalue weighted by Crippen LogP contribution is -2.11. The van der Waals surface area contributed by atoms with Gasteiger partial charge in [-0.15, -0.1) is 11.3 Å². The Morgan fingerprint density at radius 2 is 1.72 bits per heavy atom. The second-order valence-electron chi connectivity index (χ2n) is 6.30. The topological polar surface area (TPSA) is 63.2 Å². The van der Waals surface area contributed by atoms with Gasteiger partial charge in [0.25, 0.3) is 5.91 Å². The minimum absolute atomic E-state index is 0.138. The number of amides is 1. The van der Waals surface area contributed by atoms with Gasteiger partial charge in [0.05, 0.1) is 12.8 Å². The molecule has 144 valence electrons. The predicted octanol–water partition coefficient (Wildman–Crippen LogP) is 5.81. The van der Waals surface area contributed by atoms with E-state index in [1.54, 1.807) is 19.2 Å². The molecule has 2 N–H and O–H groups in total. The first kappa shape index (κ1) is 18.7. The van der Waals surface area contributed by atoms with Gasteiger partial charge in [-0.25, -0.2) is 4.98 Å². The van der Waals surface area contributed by atoms with Crippen LogP contribution in [-0.2, 0) is 0 Å². The first-order valence-electron chi connectivity index (χ1n) is 9.05. The molecule has 0 aliphatic carbocycles. The van der Waals surface area contributed by atoms with Crippen LogP contribution in [0.15, 0.2) is 84.2 Å². The minimum Gasteiger partial charge on any atom is -0.497 e. The molecule has 3 aromatic carbocycles. The molecule has 4 aromatic rings. The Kier molecular flexibility index (Phi) is 5.54. The number of carbonyl (C=O) groups is 1. The monoisotopic (exact) mass is 401 g/mol. The van der Waals surface area contributed by atoms with Crippen molar-refractivity contribution in [2.24, 2.45) is 0 Å². The Morgan fingerprint density at radius 1 is 0.931 bits per heavy atom. The average Bonchev–Trinajstić information content (AvgIpc) is 3.23. The maximum Gasteiger partial charge on any atom is 0.255 e. The van der Waals surface area contributed by atoms with Crippen molar-refractivity contribution in [1.29, 1.82) is 0 Å². The SMILES string of the molecule is COc1cccc(Nc2nc(-c3cccc(NC(=O)c4ccccc4)c3)cs2)c1. The molecule has 5 nitrogen and oxygen atoms in total. The van der Waals surface area contributed by atoms with Gasteiger partial charge < -0.3 is 15.4 Å². The van der Waals surface area contributed by atoms with E-state index in [-0.39, 0.29) is 5.91 Å². The van der Waals surface area contributed by atoms with E-state index in [1.165, 1.54) is 11.3 Å². The molecule has 1 amide bonds. The number of nitrogens with one attached hydrogen (secondary N) is 2. The number of benzene rings is 3. The molecule has 0 saturated carbocycles. The summed E-state index contributed by atoms with van der Waals surface area (Å²) in [5.41, 5.74) is 4.04. The Hall–Kier alpha value is -3.64. The molecule has 1 aromatic heterocycles. The van der Waals surface area contributed by atoms with E-state index in [9.17, 15) is 4.79 Å². The van der Waals surface area contributed by atoms with E-state index in [2.05, 4.69) is 15.6 Å². The number of hydrogen-bond donors (Lipinski definition) is 2. The Bertz CT molecular complexity index is 1130. The molecule has 29 heavy (non-hydrogen) atoms. The molecule has 0 unspecified atom stereocenters. The van der Waals surface area contributed by atoms with Gasteiger partial charge in [0, 0.05) is 33.9 Å². The van der Waals surface area contributed by atoms with Gasteiger partial charge >= 0.3 is 0 Å². The number of thiazole rings is 1. The number of aromatic nitrogens is 1. The highest BCUT2D eigenvalue weighted by atomic mass is 32.1. The number of carbonyl (C=O) groups excluding carboxylic acids is 1. The van der Waals surface area contributed by atoms with Crippen molar-refractivity contribution in [3.05, 3.63) is 89.8 Å². The third-order valence-corrected chi connectivity index (χ3v) is 5.04. The number of rotatable bonds is 6. The summed E-state index contributed by atoms with van der Waals surface area (Å²) in [5, 5.41) is 9.00. The molecule has 0 radical (unpaired) electrons. The normalized spacial score (nSPS) is 10.4. The summed E-state index contributed by atoms with van der Waals surface area (Å²) in [6, 6.07) is 24.5. The summed E-state index contributed by atoms with van der Waals surface area (Å²) in [6.07, 6.45) is 0. The summed E-state index contributed by atoms with van der Waals surface area (Å²) < 4.78 is 5.25. The van der Waals surface area contributed by atoms with Crippen LogP contribution in [0, 0.1) is 0 Å². The fourth-order valence-corrected chi connectivity index (χ4v) is 3.58. The van der Waals surface area contributed by atoms with Gasteiger partial charge in [-0.3, -0.25) is 4.79 Å². The molecular formula is C23H19N3O2S. The first-order valence-corrected chi connectivity index (χ1v) is 9.93. The molecule has 0 fully saturated rings. The van der Waals surface area contributed by atoms with Crippen LogP contribution in [0.1, 0.15) is 10.4 Å². The van der Waals surface area contributed by atoms with Crippen LogP contribution >= 0.6 is 11.3 Å². The molecule has 0 atom stereocenters. The van der Waals surface area contributed by atoms with E-state index in [1.807, 2.05) is 72.1 Å². The van der Waals surface area contributed by atoms with Crippen LogP contribution in [-0.4, -0.2) is 18.0 Å². The second kappa shape index (κ2) is 8.58. The van der Waals surface area contributed by atoms with E-state index in [0.29, 0.717) is 5.56 Å². The third-order valence-electron chi connectivity index (χ3n) is 4.28. The molecule has 6 heteroatoms. The van der Waals surface area contributed by atoms with Crippen LogP contribution in [0.4, 0.5) is 16.5 Å². The lowest BCUT2D eigenvalue weighted by Gasteiger charge is -2.07. The van der Waals surface area contributed by atoms with Gasteiger partial charge in [0.15, 0.2) is 5.13 Å². The Morgan fingerprint density at radius 3 is 2.55 bits per heavy atom. The lowest BCUT2D eigenvalue weighted by molar-refractivity contribution is 0.102. The van der Waals surface area contributed by atoms with E-state index < -0.39 is 0 Å². The zero-order valence-corrected chi connectivity index (χ0v) is 16.6. The summed E-state index contributed by atoms with van der Waals surface area (Å²) in [5.74, 6) is 0.648. The molecule has 0 aliphatic heterocycles. The number of nitrogens with zero attached hydrogens (tertiary/aromatic N) is 1. The molecule has 0 spiro atoms. The van der Waals surface area contributed by atoms with Crippen molar-refractivity contribution in [3.8, 4) is 17.0 Å². The van der Waals surface area contributed by atoms with Crippen molar-refractivity contribution in [1.82, 2.24) is 4.98 Å². The Labute approximate surface area is 173 Å². The van der Waals surface area contributed by atoms with Gasteiger partial charge in [0.2, 0.25) is 0 Å². The Balaban J connectivity index is 1.49. The van der Waals surface area contributed by atoms with Crippen molar-refractivity contribution in [2.45, 2.75) is 0 Å². The highest BCUT2D eigenvalue weighted by molar-refractivity contribution is 7.14. The van der Waals surface area contributed by atoms with Crippen LogP contribution in [0.3, 0.4) is 0 Å². The number of anilines is 3. The average molecular weight is 401 g/mol. The molecule has 0 saturated heterocycles. The number of ether oxygens (including phenoxy) is 1. The summed E-state index contributed by atoms with van der Waals surface area (Å²) in [4.78, 5) is 17.0. The molecule has 0 bridgehead atoms. The van der Waals surface area contributed by atoms with Crippen molar-refractivity contribution in [3.63, 3.8) is 0 Å². The lowest BCUT2D eigenvalue weighted by atomic mass is 10.1. The number of methoxy groups -OCH3 is 1. The van der Waals surface area contributed by atoms with Crippen LogP contribution < -0.4 is 15.4 Å². The summed E-state index contributed by atoms with van der Waals surface area (Å²) >= 11 is 1.52. The fraction of sp³-hybridized carbons (Fsp3) is 0.0435. The highest BCUT2D eigenvalue weighted by Gasteiger charge is 2.09. The minimum atomic E-state index is -0.138. The van der Waals surface area contributed by atoms with Gasteiger partial charge in [0.1, 0.15) is 5.75 Å². The maximum absolute atomic E-state index is 12.4. The van der Waals surface area contributed by atoms with Gasteiger partial charge in [-0.1, -0.05) is 36.4 Å². The van der Waals surface area contributed by atoms with Crippen molar-refractivity contribution >= 4 is 33.8 Å². The number of hydrogen-bond acceptors (Lipinski definition) is 5. The summed E-state index contributed by atoms with van der Waals surface area (Å²) in [6.45, 7) is 0. The molecular weight excluding hydrogens is 382 g/mol. The van der Waals surface area contributed by atoms with Crippen LogP contribution in [0.5, 0.6) is 5.75 Å². The van der Waals surface area contributed by atoms with E-state index in [4.69, 9.17) is 4.74 Å². The fourth-order valence-electron chi connectivity index (χ4n) is 2.84. The zero-order valence-electron chi connectivity index (χ0n) is 15.8. The third kappa shape index (κ3) is 4.62. The van der Waals surface area contributed by atoms with Crippen LogP contribution in [0.2, 0.25) is 0 Å². The second-order valence-corrected chi connectivity index (χ2v) is 7.15. The quantitative estimate of drug-likeness (QED) is 0.428. The van der Waals surface area contributed by atoms with Crippen molar-refractivity contribution in [2.75, 3.05) is 17.7 Å². The van der Waals surface area contributed by atoms with Gasteiger partial charge in [-0.2, -0.15) is 0 Å². The van der Waals surface area contributed by atoms with Crippen LogP contribution in [0.25, 0.3) is 11.3 Å². The molecule has 1 heterocycles. The molecule has 4 rings (SSSR count). The largest absolute Gasteiger partial charge is 0.497 e. The summed E-state index contributed by atoms with van der Waals surface area (Å²) in [7, 11) is 1.64. The first-order chi connectivity index (χ1) is 14.2. The zero-order chi connectivity index (χ0) is 20.1. The standard InChI is InChI=1S/C23H19N3O2S/c1-28-20-12-6-11-19(14-20)25-23-26-21(15-29-23)17-9-5-10-18(13-17)24-22(27)16-7-3-2-4-8-16/h2-15H,1H3,(H,24,27)(H,25,26). The van der Waals surface area contributed by atoms with E-state index >= 15 is 0 Å². The maximum atomic E-state index is 12.4. The highest BCUT2D eigenvalue weighted by Crippen LogP contribution is 2.29. The van der Waals surface area contributed by atoms with Crippen molar-refractivity contribution < 1.29 is 9.53 Å².